The van der Waals surface area contributed by atoms with Crippen LogP contribution in [0, 0.1) is 0 Å². The molecule has 0 unspecified atom stereocenters. The average molecular weight is 417 g/mol. The van der Waals surface area contributed by atoms with Crippen LogP contribution in [0.1, 0.15) is 19.4 Å². The molecule has 3 aromatic rings. The van der Waals surface area contributed by atoms with Gasteiger partial charge in [-0.3, -0.25) is 0 Å². The maximum absolute atomic E-state index is 10.7. The van der Waals surface area contributed by atoms with Crippen molar-refractivity contribution in [2.24, 2.45) is 0 Å². The minimum absolute atomic E-state index is 0.0824. The van der Waals surface area contributed by atoms with E-state index in [0.29, 0.717) is 22.4 Å². The van der Waals surface area contributed by atoms with Crippen molar-refractivity contribution in [3.8, 4) is 28.4 Å². The van der Waals surface area contributed by atoms with Crippen molar-refractivity contribution >= 4 is 26.7 Å². The number of benzene rings is 3. The van der Waals surface area contributed by atoms with E-state index in [1.165, 1.54) is 0 Å². The fourth-order valence-electron chi connectivity index (χ4n) is 3.14. The standard InChI is InChI=1S/C21H21BrO4/c1-21(2,24)16-11-17(23)14-9-18(25-3)19(26-4)10-15(14)20(16)12-5-7-13(22)8-6-12/h5-11,23-24H,1-4H3. The van der Waals surface area contributed by atoms with E-state index in [-0.39, 0.29) is 5.75 Å². The third kappa shape index (κ3) is 3.24. The molecule has 3 aromatic carbocycles. The number of phenolic OH excluding ortho intramolecular Hbond substituents is 1. The first-order valence-electron chi connectivity index (χ1n) is 8.16. The molecule has 2 N–H and O–H groups in total. The topological polar surface area (TPSA) is 58.9 Å². The number of aromatic hydroxyl groups is 1. The lowest BCUT2D eigenvalue weighted by Gasteiger charge is -2.25. The van der Waals surface area contributed by atoms with Gasteiger partial charge in [-0.1, -0.05) is 28.1 Å². The summed E-state index contributed by atoms with van der Waals surface area (Å²) in [6.07, 6.45) is 0. The molecule has 26 heavy (non-hydrogen) atoms. The Kier molecular flexibility index (Phi) is 4.86. The van der Waals surface area contributed by atoms with E-state index in [1.807, 2.05) is 30.3 Å². The first-order chi connectivity index (χ1) is 12.3. The molecule has 0 atom stereocenters. The number of aliphatic hydroxyl groups is 1. The lowest BCUT2D eigenvalue weighted by molar-refractivity contribution is 0.0791. The molecule has 0 spiro atoms. The largest absolute Gasteiger partial charge is 0.507 e. The van der Waals surface area contributed by atoms with Crippen molar-refractivity contribution in [1.82, 2.24) is 0 Å². The fourth-order valence-corrected chi connectivity index (χ4v) is 3.40. The fraction of sp³-hybridized carbons (Fsp3) is 0.238. The highest BCUT2D eigenvalue weighted by atomic mass is 79.9. The summed E-state index contributed by atoms with van der Waals surface area (Å²) in [6, 6.07) is 13.0. The summed E-state index contributed by atoms with van der Waals surface area (Å²) < 4.78 is 11.8. The number of hydrogen-bond donors (Lipinski definition) is 2. The molecule has 0 amide bonds. The number of fused-ring (bicyclic) bond motifs is 1. The van der Waals surface area contributed by atoms with Crippen LogP contribution in [0.4, 0.5) is 0 Å². The lowest BCUT2D eigenvalue weighted by Crippen LogP contribution is -2.17. The van der Waals surface area contributed by atoms with Crippen LogP contribution in [0.3, 0.4) is 0 Å². The Morgan fingerprint density at radius 2 is 1.42 bits per heavy atom. The number of methoxy groups -OCH3 is 2. The van der Waals surface area contributed by atoms with Crippen LogP contribution >= 0.6 is 15.9 Å². The minimum Gasteiger partial charge on any atom is -0.507 e. The van der Waals surface area contributed by atoms with Crippen molar-refractivity contribution in [3.05, 3.63) is 52.5 Å². The molecule has 0 fully saturated rings. The third-order valence-corrected chi connectivity index (χ3v) is 4.94. The highest BCUT2D eigenvalue weighted by molar-refractivity contribution is 9.10. The van der Waals surface area contributed by atoms with Crippen LogP contribution in [0.25, 0.3) is 21.9 Å². The Morgan fingerprint density at radius 3 is 1.92 bits per heavy atom. The SMILES string of the molecule is COc1cc2c(O)cc(C(C)(C)O)c(-c3ccc(Br)cc3)c2cc1OC. The van der Waals surface area contributed by atoms with E-state index in [4.69, 9.17) is 9.47 Å². The van der Waals surface area contributed by atoms with Gasteiger partial charge in [0.25, 0.3) is 0 Å². The number of hydrogen-bond acceptors (Lipinski definition) is 4. The minimum atomic E-state index is -1.14. The van der Waals surface area contributed by atoms with Crippen molar-refractivity contribution < 1.29 is 19.7 Å². The zero-order valence-electron chi connectivity index (χ0n) is 15.1. The third-order valence-electron chi connectivity index (χ3n) is 4.41. The Morgan fingerprint density at radius 1 is 0.885 bits per heavy atom. The van der Waals surface area contributed by atoms with Gasteiger partial charge in [-0.05, 0) is 66.3 Å². The van der Waals surface area contributed by atoms with E-state index in [0.717, 1.165) is 21.0 Å². The number of ether oxygens (including phenoxy) is 2. The molecule has 0 radical (unpaired) electrons. The van der Waals surface area contributed by atoms with Crippen LogP contribution in [0.15, 0.2) is 46.9 Å². The van der Waals surface area contributed by atoms with Gasteiger partial charge in [-0.25, -0.2) is 0 Å². The van der Waals surface area contributed by atoms with Gasteiger partial charge < -0.3 is 19.7 Å². The molecule has 0 aliphatic heterocycles. The van der Waals surface area contributed by atoms with E-state index in [2.05, 4.69) is 15.9 Å². The maximum Gasteiger partial charge on any atom is 0.161 e. The quantitative estimate of drug-likeness (QED) is 0.611. The van der Waals surface area contributed by atoms with Gasteiger partial charge >= 0.3 is 0 Å². The van der Waals surface area contributed by atoms with Crippen molar-refractivity contribution in [2.75, 3.05) is 14.2 Å². The predicted molar refractivity (Wildman–Crippen MR) is 107 cm³/mol. The second-order valence-electron chi connectivity index (χ2n) is 6.64. The van der Waals surface area contributed by atoms with Crippen molar-refractivity contribution in [2.45, 2.75) is 19.4 Å². The van der Waals surface area contributed by atoms with Crippen LogP contribution < -0.4 is 9.47 Å². The second-order valence-corrected chi connectivity index (χ2v) is 7.55. The molecule has 136 valence electrons. The highest BCUT2D eigenvalue weighted by Gasteiger charge is 2.25. The summed E-state index contributed by atoms with van der Waals surface area (Å²) in [5.41, 5.74) is 1.28. The molecular formula is C21H21BrO4. The van der Waals surface area contributed by atoms with Gasteiger partial charge in [-0.15, -0.1) is 0 Å². The molecule has 3 rings (SSSR count). The number of rotatable bonds is 4. The first kappa shape index (κ1) is 18.5. The highest BCUT2D eigenvalue weighted by Crippen LogP contribution is 2.45. The molecule has 0 aliphatic carbocycles. The molecule has 0 aromatic heterocycles. The summed E-state index contributed by atoms with van der Waals surface area (Å²) in [5.74, 6) is 1.18. The summed E-state index contributed by atoms with van der Waals surface area (Å²) in [5, 5.41) is 22.7. The molecule has 4 nitrogen and oxygen atoms in total. The van der Waals surface area contributed by atoms with Gasteiger partial charge in [0.15, 0.2) is 11.5 Å². The van der Waals surface area contributed by atoms with Gasteiger partial charge in [0.2, 0.25) is 0 Å². The molecule has 0 saturated heterocycles. The maximum atomic E-state index is 10.7. The zero-order chi connectivity index (χ0) is 19.1. The smallest absolute Gasteiger partial charge is 0.161 e. The van der Waals surface area contributed by atoms with Gasteiger partial charge in [0, 0.05) is 9.86 Å². The van der Waals surface area contributed by atoms with E-state index in [1.54, 1.807) is 40.2 Å². The first-order valence-corrected chi connectivity index (χ1v) is 8.96. The zero-order valence-corrected chi connectivity index (χ0v) is 16.7. The number of phenols is 1. The monoisotopic (exact) mass is 416 g/mol. The van der Waals surface area contributed by atoms with E-state index in [9.17, 15) is 10.2 Å². The Hall–Kier alpha value is -2.24. The van der Waals surface area contributed by atoms with E-state index < -0.39 is 5.60 Å². The lowest BCUT2D eigenvalue weighted by atomic mass is 9.85. The van der Waals surface area contributed by atoms with Crippen molar-refractivity contribution in [1.29, 1.82) is 0 Å². The second kappa shape index (κ2) is 6.82. The van der Waals surface area contributed by atoms with Gasteiger partial charge in [0.1, 0.15) is 5.75 Å². The number of halogens is 1. The predicted octanol–water partition coefficient (Wildman–Crippen LogP) is 5.22. The summed E-state index contributed by atoms with van der Waals surface area (Å²) in [7, 11) is 3.13. The van der Waals surface area contributed by atoms with Crippen LogP contribution in [0.5, 0.6) is 17.2 Å². The molecular weight excluding hydrogens is 396 g/mol. The van der Waals surface area contributed by atoms with Gasteiger partial charge in [0.05, 0.1) is 19.8 Å². The molecule has 5 heteroatoms. The Bertz CT molecular complexity index is 957. The van der Waals surface area contributed by atoms with Crippen LogP contribution in [-0.2, 0) is 5.60 Å². The normalized spacial score (nSPS) is 11.6. The average Bonchev–Trinajstić information content (AvgIpc) is 2.60. The van der Waals surface area contributed by atoms with E-state index >= 15 is 0 Å². The molecule has 0 saturated carbocycles. The van der Waals surface area contributed by atoms with Crippen LogP contribution in [-0.4, -0.2) is 24.4 Å². The molecule has 0 bridgehead atoms. The Labute approximate surface area is 161 Å². The molecule has 0 heterocycles. The van der Waals surface area contributed by atoms with Crippen molar-refractivity contribution in [3.63, 3.8) is 0 Å². The summed E-state index contributed by atoms with van der Waals surface area (Å²) in [4.78, 5) is 0. The Balaban J connectivity index is 2.47. The summed E-state index contributed by atoms with van der Waals surface area (Å²) in [6.45, 7) is 3.41. The summed E-state index contributed by atoms with van der Waals surface area (Å²) >= 11 is 3.45. The van der Waals surface area contributed by atoms with Crippen LogP contribution in [0.2, 0.25) is 0 Å². The molecule has 0 aliphatic rings. The van der Waals surface area contributed by atoms with Gasteiger partial charge in [-0.2, -0.15) is 0 Å².